The molecule has 35 heavy (non-hydrogen) atoms. The molecule has 1 aliphatic heterocycles. The van der Waals surface area contributed by atoms with Crippen molar-refractivity contribution in [1.29, 1.82) is 0 Å². The van der Waals surface area contributed by atoms with Crippen molar-refractivity contribution in [2.45, 2.75) is 31.9 Å². The topological polar surface area (TPSA) is 107 Å². The lowest BCUT2D eigenvalue weighted by Gasteiger charge is -2.28. The fraction of sp³-hybridized carbons (Fsp3) is 0.308. The first kappa shape index (κ1) is 22.9. The largest absolute Gasteiger partial charge is 0.389 e. The van der Waals surface area contributed by atoms with Crippen LogP contribution in [0.15, 0.2) is 61.1 Å². The summed E-state index contributed by atoms with van der Waals surface area (Å²) < 4.78 is 8.81. The summed E-state index contributed by atoms with van der Waals surface area (Å²) in [5, 5.41) is 21.9. The number of hydrogen-bond acceptors (Lipinski definition) is 6. The summed E-state index contributed by atoms with van der Waals surface area (Å²) in [6.07, 6.45) is 5.96. The molecule has 4 aromatic rings. The van der Waals surface area contributed by atoms with Crippen molar-refractivity contribution in [2.75, 3.05) is 13.2 Å². The van der Waals surface area contributed by atoms with Gasteiger partial charge in [-0.05, 0) is 66.8 Å². The molecule has 0 radical (unpaired) electrons. The van der Waals surface area contributed by atoms with E-state index in [-0.39, 0.29) is 18.6 Å². The maximum atomic E-state index is 13.2. The highest BCUT2D eigenvalue weighted by Gasteiger charge is 2.27. The molecule has 3 aromatic heterocycles. The Hall–Kier alpha value is -3.82. The van der Waals surface area contributed by atoms with Gasteiger partial charge >= 0.3 is 0 Å². The van der Waals surface area contributed by atoms with Crippen LogP contribution in [0.1, 0.15) is 33.6 Å². The van der Waals surface area contributed by atoms with Gasteiger partial charge in [-0.2, -0.15) is 10.2 Å². The van der Waals surface area contributed by atoms with E-state index in [9.17, 15) is 9.90 Å². The van der Waals surface area contributed by atoms with Crippen molar-refractivity contribution >= 4 is 5.91 Å². The van der Waals surface area contributed by atoms with Gasteiger partial charge in [-0.1, -0.05) is 12.1 Å². The smallest absolute Gasteiger partial charge is 0.270 e. The molecular weight excluding hydrogens is 444 g/mol. The molecule has 0 bridgehead atoms. The molecule has 1 fully saturated rings. The second-order valence-electron chi connectivity index (χ2n) is 8.82. The minimum atomic E-state index is -0.735. The van der Waals surface area contributed by atoms with Gasteiger partial charge < -0.3 is 15.2 Å². The number of pyridine rings is 1. The average molecular weight is 473 g/mol. The number of aromatic nitrogens is 5. The van der Waals surface area contributed by atoms with Crippen LogP contribution < -0.4 is 5.32 Å². The minimum absolute atomic E-state index is 0.214. The van der Waals surface area contributed by atoms with Gasteiger partial charge in [0.2, 0.25) is 0 Å². The van der Waals surface area contributed by atoms with E-state index in [4.69, 9.17) is 4.74 Å². The third-order valence-corrected chi connectivity index (χ3v) is 6.31. The van der Waals surface area contributed by atoms with E-state index in [1.807, 2.05) is 61.4 Å². The second-order valence-corrected chi connectivity index (χ2v) is 8.82. The van der Waals surface area contributed by atoms with Crippen molar-refractivity contribution in [3.05, 3.63) is 83.4 Å². The van der Waals surface area contributed by atoms with Gasteiger partial charge in [-0.15, -0.1) is 0 Å². The highest BCUT2D eigenvalue weighted by Crippen LogP contribution is 2.26. The normalized spacial score (nSPS) is 17.9. The number of rotatable bonds is 6. The summed E-state index contributed by atoms with van der Waals surface area (Å²) in [5.41, 5.74) is 5.74. The monoisotopic (exact) mass is 472 g/mol. The van der Waals surface area contributed by atoms with Crippen LogP contribution in [0.4, 0.5) is 0 Å². The zero-order chi connectivity index (χ0) is 24.4. The van der Waals surface area contributed by atoms with E-state index in [0.29, 0.717) is 36.5 Å². The van der Waals surface area contributed by atoms with Gasteiger partial charge in [0.15, 0.2) is 0 Å². The molecular formula is C26H28N6O3. The highest BCUT2D eigenvalue weighted by atomic mass is 16.5. The van der Waals surface area contributed by atoms with Crippen LogP contribution in [-0.4, -0.2) is 60.9 Å². The van der Waals surface area contributed by atoms with E-state index in [0.717, 1.165) is 22.4 Å². The Bertz CT molecular complexity index is 1310. The van der Waals surface area contributed by atoms with Gasteiger partial charge in [0.1, 0.15) is 11.4 Å². The lowest BCUT2D eigenvalue weighted by molar-refractivity contribution is -0.0261. The second kappa shape index (κ2) is 9.81. The van der Waals surface area contributed by atoms with Gasteiger partial charge in [-0.3, -0.25) is 9.48 Å². The quantitative estimate of drug-likeness (QED) is 0.446. The Morgan fingerprint density at radius 2 is 2.06 bits per heavy atom. The van der Waals surface area contributed by atoms with Crippen LogP contribution in [0.25, 0.3) is 17.1 Å². The van der Waals surface area contributed by atoms with E-state index in [1.165, 1.54) is 0 Å². The molecule has 1 aliphatic rings. The Morgan fingerprint density at radius 1 is 1.23 bits per heavy atom. The summed E-state index contributed by atoms with van der Waals surface area (Å²) >= 11 is 0. The van der Waals surface area contributed by atoms with Gasteiger partial charge in [-0.25, -0.2) is 9.67 Å². The van der Waals surface area contributed by atoms with Crippen molar-refractivity contribution < 1.29 is 14.6 Å². The number of amides is 1. The number of nitrogens with one attached hydrogen (secondary N) is 1. The van der Waals surface area contributed by atoms with E-state index >= 15 is 0 Å². The summed E-state index contributed by atoms with van der Waals surface area (Å²) in [7, 11) is 1.85. The van der Waals surface area contributed by atoms with Gasteiger partial charge in [0, 0.05) is 32.2 Å². The molecule has 9 heteroatoms. The van der Waals surface area contributed by atoms with Crippen molar-refractivity contribution in [3.8, 4) is 17.1 Å². The summed E-state index contributed by atoms with van der Waals surface area (Å²) in [4.78, 5) is 17.9. The fourth-order valence-electron chi connectivity index (χ4n) is 4.29. The number of ether oxygens (including phenoxy) is 1. The molecule has 1 aromatic carbocycles. The number of aliphatic hydroxyl groups excluding tert-OH is 1. The Morgan fingerprint density at radius 3 is 2.74 bits per heavy atom. The molecule has 4 heterocycles. The zero-order valence-corrected chi connectivity index (χ0v) is 19.8. The van der Waals surface area contributed by atoms with Crippen LogP contribution in [0.5, 0.6) is 0 Å². The fourth-order valence-corrected chi connectivity index (χ4v) is 4.29. The molecule has 180 valence electrons. The minimum Gasteiger partial charge on any atom is -0.389 e. The summed E-state index contributed by atoms with van der Waals surface area (Å²) in [6, 6.07) is 13.4. The number of benzene rings is 1. The summed E-state index contributed by atoms with van der Waals surface area (Å²) in [6.45, 7) is 2.72. The Balaban J connectivity index is 1.46. The van der Waals surface area contributed by atoms with Crippen LogP contribution in [-0.2, 0) is 18.2 Å². The third-order valence-electron chi connectivity index (χ3n) is 6.31. The average Bonchev–Trinajstić information content (AvgIpc) is 3.54. The van der Waals surface area contributed by atoms with E-state index in [1.54, 1.807) is 10.9 Å². The lowest BCUT2D eigenvalue weighted by atomic mass is 9.97. The molecule has 2 atom stereocenters. The van der Waals surface area contributed by atoms with Crippen LogP contribution in [0, 0.1) is 6.92 Å². The highest BCUT2D eigenvalue weighted by molar-refractivity contribution is 5.93. The molecule has 0 aliphatic carbocycles. The number of aliphatic hydroxyl groups is 1. The van der Waals surface area contributed by atoms with Crippen LogP contribution >= 0.6 is 0 Å². The molecule has 0 unspecified atom stereocenters. The predicted octanol–water partition coefficient (Wildman–Crippen LogP) is 2.45. The van der Waals surface area contributed by atoms with E-state index < -0.39 is 6.10 Å². The van der Waals surface area contributed by atoms with Gasteiger partial charge in [0.05, 0.1) is 30.1 Å². The van der Waals surface area contributed by atoms with Gasteiger partial charge in [0.25, 0.3) is 5.91 Å². The first-order valence-electron chi connectivity index (χ1n) is 11.6. The maximum Gasteiger partial charge on any atom is 0.270 e. The van der Waals surface area contributed by atoms with Crippen LogP contribution in [0.3, 0.4) is 0 Å². The molecule has 1 saturated heterocycles. The third kappa shape index (κ3) is 5.01. The predicted molar refractivity (Wildman–Crippen MR) is 130 cm³/mol. The molecule has 0 spiro atoms. The first-order valence-corrected chi connectivity index (χ1v) is 11.6. The molecule has 1 amide bonds. The zero-order valence-electron chi connectivity index (χ0n) is 19.8. The number of nitrogens with zero attached hydrogens (tertiary/aromatic N) is 5. The molecule has 5 rings (SSSR count). The van der Waals surface area contributed by atoms with Crippen molar-refractivity contribution in [1.82, 2.24) is 29.9 Å². The lowest BCUT2D eigenvalue weighted by Crippen LogP contribution is -2.48. The first-order chi connectivity index (χ1) is 17.0. The van der Waals surface area contributed by atoms with Crippen molar-refractivity contribution in [3.63, 3.8) is 0 Å². The Labute approximate surface area is 203 Å². The van der Waals surface area contributed by atoms with E-state index in [2.05, 4.69) is 32.6 Å². The number of hydrogen-bond donors (Lipinski definition) is 2. The molecule has 9 nitrogen and oxygen atoms in total. The van der Waals surface area contributed by atoms with Crippen LogP contribution in [0.2, 0.25) is 0 Å². The molecule has 0 saturated carbocycles. The number of carbonyl (C=O) groups is 1. The van der Waals surface area contributed by atoms with Crippen molar-refractivity contribution in [2.24, 2.45) is 7.05 Å². The summed E-state index contributed by atoms with van der Waals surface area (Å²) in [5.74, 6) is -0.316. The molecule has 2 N–H and O–H groups in total. The SMILES string of the molecule is Cc1c(Cc2ccc(-n3cccn3)cc2)cc(C(=O)N[C@H]2CCOC[C@@H]2O)nc1-c1ccn(C)n1. The Kier molecular flexibility index (Phi) is 6.43. The standard InChI is InChI=1S/C26H28N6O3/c1-17-19(14-18-4-6-20(7-5-18)32-11-3-10-27-32)15-23(28-25(17)22-8-12-31(2)30-22)26(34)29-21-9-13-35-16-24(21)33/h3-8,10-12,15,21,24,33H,9,13-14,16H2,1-2H3,(H,29,34)/t21-,24-/m0/s1. The maximum absolute atomic E-state index is 13.2. The number of aryl methyl sites for hydroxylation is 1. The number of carbonyl (C=O) groups excluding carboxylic acids is 1.